The summed E-state index contributed by atoms with van der Waals surface area (Å²) in [5, 5.41) is 0.960. The number of ketones is 1. The molecule has 1 fully saturated rings. The van der Waals surface area contributed by atoms with Crippen molar-refractivity contribution >= 4 is 16.7 Å². The van der Waals surface area contributed by atoms with Gasteiger partial charge in [-0.15, -0.1) is 0 Å². The first-order chi connectivity index (χ1) is 13.1. The van der Waals surface area contributed by atoms with Crippen LogP contribution in [0.1, 0.15) is 24.4 Å². The van der Waals surface area contributed by atoms with Crippen LogP contribution in [0, 0.1) is 12.8 Å². The minimum atomic E-state index is 0.155. The lowest BCUT2D eigenvalue weighted by atomic mass is 9.90. The number of pyridine rings is 2. The van der Waals surface area contributed by atoms with E-state index < -0.39 is 0 Å². The van der Waals surface area contributed by atoms with Gasteiger partial charge in [0.2, 0.25) is 0 Å². The summed E-state index contributed by atoms with van der Waals surface area (Å²) < 4.78 is 0. The molecule has 0 amide bonds. The molecular weight excluding hydrogens is 338 g/mol. The van der Waals surface area contributed by atoms with Crippen molar-refractivity contribution in [2.45, 2.75) is 26.2 Å². The molecule has 138 valence electrons. The number of aromatic nitrogens is 4. The average Bonchev–Trinajstić information content (AvgIpc) is 2.68. The summed E-state index contributed by atoms with van der Waals surface area (Å²) in [5.41, 5.74) is 3.33. The molecule has 27 heavy (non-hydrogen) atoms. The normalized spacial score (nSPS) is 15.9. The SMILES string of the molecule is Cc1ncc(-c2ccc3cnc(CC(=O)C4CCN(C)CC4)cc3n2)cn1. The minimum Gasteiger partial charge on any atom is -0.306 e. The number of aryl methyl sites for hydroxylation is 1. The van der Waals surface area contributed by atoms with E-state index in [1.54, 1.807) is 18.6 Å². The Labute approximate surface area is 158 Å². The van der Waals surface area contributed by atoms with Gasteiger partial charge in [0, 0.05) is 47.6 Å². The van der Waals surface area contributed by atoms with Gasteiger partial charge < -0.3 is 4.90 Å². The predicted octanol–water partition coefficient (Wildman–Crippen LogP) is 2.85. The Morgan fingerprint density at radius 1 is 1.11 bits per heavy atom. The summed E-state index contributed by atoms with van der Waals surface area (Å²) in [5.74, 6) is 1.18. The molecule has 6 nitrogen and oxygen atoms in total. The van der Waals surface area contributed by atoms with Crippen molar-refractivity contribution in [1.29, 1.82) is 0 Å². The van der Waals surface area contributed by atoms with Crippen LogP contribution in [0.4, 0.5) is 0 Å². The van der Waals surface area contributed by atoms with Gasteiger partial charge in [0.25, 0.3) is 0 Å². The predicted molar refractivity (Wildman–Crippen MR) is 104 cm³/mol. The van der Waals surface area contributed by atoms with Crippen LogP contribution in [-0.4, -0.2) is 50.8 Å². The van der Waals surface area contributed by atoms with Crippen molar-refractivity contribution in [1.82, 2.24) is 24.8 Å². The number of nitrogens with zero attached hydrogens (tertiary/aromatic N) is 5. The fraction of sp³-hybridized carbons (Fsp3) is 0.381. The van der Waals surface area contributed by atoms with Gasteiger partial charge in [-0.2, -0.15) is 0 Å². The molecule has 0 spiro atoms. The fourth-order valence-electron chi connectivity index (χ4n) is 3.49. The van der Waals surface area contributed by atoms with Crippen molar-refractivity contribution in [2.75, 3.05) is 20.1 Å². The summed E-state index contributed by atoms with van der Waals surface area (Å²) in [6.45, 7) is 3.84. The molecule has 3 aromatic rings. The maximum absolute atomic E-state index is 12.6. The lowest BCUT2D eigenvalue weighted by molar-refractivity contribution is -0.123. The van der Waals surface area contributed by atoms with Crippen LogP contribution in [0.25, 0.3) is 22.2 Å². The highest BCUT2D eigenvalue weighted by atomic mass is 16.1. The molecule has 3 aromatic heterocycles. The highest BCUT2D eigenvalue weighted by Gasteiger charge is 2.23. The number of piperidine rings is 1. The number of hydrogen-bond acceptors (Lipinski definition) is 6. The van der Waals surface area contributed by atoms with Gasteiger partial charge in [-0.25, -0.2) is 15.0 Å². The molecule has 0 atom stereocenters. The number of hydrogen-bond donors (Lipinski definition) is 0. The molecule has 4 rings (SSSR count). The zero-order chi connectivity index (χ0) is 18.8. The molecule has 0 aromatic carbocycles. The first-order valence-electron chi connectivity index (χ1n) is 9.34. The second kappa shape index (κ2) is 7.48. The third kappa shape index (κ3) is 4.01. The molecule has 1 saturated heterocycles. The van der Waals surface area contributed by atoms with Crippen molar-refractivity contribution in [3.05, 3.63) is 48.3 Å². The van der Waals surface area contributed by atoms with E-state index in [9.17, 15) is 4.79 Å². The van der Waals surface area contributed by atoms with Gasteiger partial charge >= 0.3 is 0 Å². The van der Waals surface area contributed by atoms with Crippen molar-refractivity contribution in [3.63, 3.8) is 0 Å². The Morgan fingerprint density at radius 2 is 1.85 bits per heavy atom. The van der Waals surface area contributed by atoms with Crippen LogP contribution in [0.5, 0.6) is 0 Å². The van der Waals surface area contributed by atoms with E-state index in [2.05, 4.69) is 26.9 Å². The number of likely N-dealkylation sites (tertiary alicyclic amines) is 1. The highest BCUT2D eigenvalue weighted by molar-refractivity contribution is 5.85. The Balaban J connectivity index is 1.55. The van der Waals surface area contributed by atoms with Gasteiger partial charge in [-0.05, 0) is 58.1 Å². The van der Waals surface area contributed by atoms with E-state index in [0.29, 0.717) is 6.42 Å². The quantitative estimate of drug-likeness (QED) is 0.711. The number of carbonyl (C=O) groups excluding carboxylic acids is 1. The molecule has 0 unspecified atom stereocenters. The first-order valence-corrected chi connectivity index (χ1v) is 9.34. The third-order valence-electron chi connectivity index (χ3n) is 5.24. The fourth-order valence-corrected chi connectivity index (χ4v) is 3.49. The summed E-state index contributed by atoms with van der Waals surface area (Å²) in [4.78, 5) is 32.6. The van der Waals surface area contributed by atoms with Crippen LogP contribution >= 0.6 is 0 Å². The van der Waals surface area contributed by atoms with Gasteiger partial charge in [0.1, 0.15) is 11.6 Å². The number of rotatable bonds is 4. The number of carbonyl (C=O) groups is 1. The van der Waals surface area contributed by atoms with Crippen LogP contribution in [0.3, 0.4) is 0 Å². The summed E-state index contributed by atoms with van der Waals surface area (Å²) >= 11 is 0. The maximum Gasteiger partial charge on any atom is 0.142 e. The van der Waals surface area contributed by atoms with Crippen molar-refractivity contribution in [2.24, 2.45) is 5.92 Å². The van der Waals surface area contributed by atoms with Crippen molar-refractivity contribution in [3.8, 4) is 11.3 Å². The molecule has 6 heteroatoms. The zero-order valence-electron chi connectivity index (χ0n) is 15.7. The molecule has 0 bridgehead atoms. The average molecular weight is 361 g/mol. The molecule has 1 aliphatic heterocycles. The first kappa shape index (κ1) is 17.7. The van der Waals surface area contributed by atoms with Crippen LogP contribution < -0.4 is 0 Å². The van der Waals surface area contributed by atoms with Gasteiger partial charge in [0.15, 0.2) is 0 Å². The molecule has 4 heterocycles. The summed E-state index contributed by atoms with van der Waals surface area (Å²) in [7, 11) is 2.11. The van der Waals surface area contributed by atoms with E-state index >= 15 is 0 Å². The van der Waals surface area contributed by atoms with Crippen LogP contribution in [-0.2, 0) is 11.2 Å². The largest absolute Gasteiger partial charge is 0.306 e. The monoisotopic (exact) mass is 361 g/mol. The smallest absolute Gasteiger partial charge is 0.142 e. The Hall–Kier alpha value is -2.73. The van der Waals surface area contributed by atoms with Crippen LogP contribution in [0.2, 0.25) is 0 Å². The van der Waals surface area contributed by atoms with Crippen LogP contribution in [0.15, 0.2) is 36.8 Å². The van der Waals surface area contributed by atoms with E-state index in [1.807, 2.05) is 25.1 Å². The van der Waals surface area contributed by atoms with Gasteiger partial charge in [-0.3, -0.25) is 9.78 Å². The Bertz CT molecular complexity index is 962. The van der Waals surface area contributed by atoms with Gasteiger partial charge in [-0.1, -0.05) is 0 Å². The molecule has 0 aliphatic carbocycles. The van der Waals surface area contributed by atoms with Crippen molar-refractivity contribution < 1.29 is 4.79 Å². The van der Waals surface area contributed by atoms with Gasteiger partial charge in [0.05, 0.1) is 11.2 Å². The Kier molecular flexibility index (Phi) is 4.90. The molecule has 0 N–H and O–H groups in total. The second-order valence-electron chi connectivity index (χ2n) is 7.30. The molecule has 0 saturated carbocycles. The minimum absolute atomic E-state index is 0.155. The molecule has 1 aliphatic rings. The summed E-state index contributed by atoms with van der Waals surface area (Å²) in [6.07, 6.45) is 7.63. The zero-order valence-corrected chi connectivity index (χ0v) is 15.7. The summed E-state index contributed by atoms with van der Waals surface area (Å²) in [6, 6.07) is 5.87. The number of Topliss-reactive ketones (excluding diaryl/α,β-unsaturated/α-hetero) is 1. The third-order valence-corrected chi connectivity index (χ3v) is 5.24. The highest BCUT2D eigenvalue weighted by Crippen LogP contribution is 2.22. The second-order valence-corrected chi connectivity index (χ2v) is 7.30. The molecular formula is C21H23N5O. The van der Waals surface area contributed by atoms with E-state index in [0.717, 1.165) is 59.6 Å². The standard InChI is InChI=1S/C21H23N5O/c1-14-22-12-17(13-23-14)19-4-3-16-11-24-18(9-20(16)25-19)10-21(27)15-5-7-26(2)8-6-15/h3-4,9,11-13,15H,5-8,10H2,1-2H3. The lowest BCUT2D eigenvalue weighted by Gasteiger charge is -2.27. The van der Waals surface area contributed by atoms with E-state index in [4.69, 9.17) is 4.98 Å². The molecule has 0 radical (unpaired) electrons. The Morgan fingerprint density at radius 3 is 2.59 bits per heavy atom. The number of fused-ring (bicyclic) bond motifs is 1. The maximum atomic E-state index is 12.6. The topological polar surface area (TPSA) is 71.9 Å². The van der Waals surface area contributed by atoms with E-state index in [-0.39, 0.29) is 11.7 Å². The lowest BCUT2D eigenvalue weighted by Crippen LogP contribution is -2.34. The van der Waals surface area contributed by atoms with E-state index in [1.165, 1.54) is 0 Å².